The molecule has 0 spiro atoms. The number of benzene rings is 2. The van der Waals surface area contributed by atoms with E-state index in [1.54, 1.807) is 22.7 Å². The average Bonchev–Trinajstić information content (AvgIpc) is 3.94. The molecule has 0 bridgehead atoms. The third-order valence-corrected chi connectivity index (χ3v) is 13.0. The molecule has 5 heterocycles. The van der Waals surface area contributed by atoms with Crippen molar-refractivity contribution in [3.8, 4) is 21.5 Å². The lowest BCUT2D eigenvalue weighted by Gasteiger charge is -2.00. The van der Waals surface area contributed by atoms with Gasteiger partial charge < -0.3 is 8.83 Å². The van der Waals surface area contributed by atoms with Crippen LogP contribution in [0, 0.1) is 0 Å². The van der Waals surface area contributed by atoms with Crippen molar-refractivity contribution in [3.63, 3.8) is 0 Å². The first-order valence-electron chi connectivity index (χ1n) is 18.9. The first-order valence-corrected chi connectivity index (χ1v) is 21.4. The first-order chi connectivity index (χ1) is 24.2. The van der Waals surface area contributed by atoms with Crippen LogP contribution in [0.2, 0.25) is 0 Å². The van der Waals surface area contributed by atoms with E-state index in [4.69, 9.17) is 18.8 Å². The Balaban J connectivity index is 0.995. The van der Waals surface area contributed by atoms with Crippen LogP contribution >= 0.6 is 34.0 Å². The van der Waals surface area contributed by atoms with Gasteiger partial charge in [0.2, 0.25) is 0 Å². The molecule has 0 aliphatic rings. The maximum Gasteiger partial charge on any atom is 0.162 e. The highest BCUT2D eigenvalue weighted by Gasteiger charge is 2.17. The van der Waals surface area contributed by atoms with E-state index in [0.717, 1.165) is 56.9 Å². The molecule has 258 valence electrons. The molecule has 5 aromatic heterocycles. The zero-order valence-electron chi connectivity index (χ0n) is 29.3. The number of unbranched alkanes of at least 4 members (excludes halogenated alkanes) is 14. The maximum absolute atomic E-state index is 6.28. The fraction of sp³-hybridized carbons (Fsp3) is 0.476. The van der Waals surface area contributed by atoms with Crippen molar-refractivity contribution in [2.24, 2.45) is 0 Å². The number of aryl methyl sites for hydroxylation is 2. The van der Waals surface area contributed by atoms with Gasteiger partial charge in [-0.15, -0.1) is 34.0 Å². The number of nitrogens with zero attached hydrogens (tertiary/aromatic N) is 2. The Labute approximate surface area is 303 Å². The highest BCUT2D eigenvalue weighted by atomic mass is 32.1. The van der Waals surface area contributed by atoms with Crippen molar-refractivity contribution >= 4 is 74.6 Å². The van der Waals surface area contributed by atoms with E-state index in [1.165, 1.54) is 132 Å². The van der Waals surface area contributed by atoms with Gasteiger partial charge in [-0.2, -0.15) is 0 Å². The maximum atomic E-state index is 6.28. The summed E-state index contributed by atoms with van der Waals surface area (Å²) in [6, 6.07) is 17.7. The molecule has 7 aromatic rings. The fourth-order valence-corrected chi connectivity index (χ4v) is 9.98. The van der Waals surface area contributed by atoms with Gasteiger partial charge in [0.25, 0.3) is 0 Å². The summed E-state index contributed by atoms with van der Waals surface area (Å²) < 4.78 is 17.5. The topological polar surface area (TPSA) is 52.1 Å². The summed E-state index contributed by atoms with van der Waals surface area (Å²) in [6.07, 6.45) is 23.3. The molecule has 7 heteroatoms. The van der Waals surface area contributed by atoms with Gasteiger partial charge >= 0.3 is 0 Å². The number of hydrogen-bond donors (Lipinski definition) is 0. The largest absolute Gasteiger partial charge is 0.459 e. The van der Waals surface area contributed by atoms with Crippen LogP contribution in [-0.2, 0) is 12.8 Å². The molecule has 0 unspecified atom stereocenters. The Bertz CT molecular complexity index is 1940. The molecule has 0 atom stereocenters. The fourth-order valence-electron chi connectivity index (χ4n) is 6.95. The molecule has 0 aliphatic carbocycles. The second kappa shape index (κ2) is 16.8. The van der Waals surface area contributed by atoms with E-state index in [-0.39, 0.29) is 0 Å². The predicted molar refractivity (Wildman–Crippen MR) is 214 cm³/mol. The number of furan rings is 2. The van der Waals surface area contributed by atoms with Gasteiger partial charge in [-0.1, -0.05) is 104 Å². The normalized spacial score (nSPS) is 12.1. The summed E-state index contributed by atoms with van der Waals surface area (Å²) in [5, 5.41) is 4.52. The Morgan fingerprint density at radius 1 is 0.449 bits per heavy atom. The van der Waals surface area contributed by atoms with Crippen LogP contribution in [0.15, 0.2) is 57.4 Å². The van der Waals surface area contributed by atoms with Gasteiger partial charge in [-0.25, -0.2) is 9.97 Å². The summed E-state index contributed by atoms with van der Waals surface area (Å²) >= 11 is 5.29. The molecule has 2 aromatic carbocycles. The van der Waals surface area contributed by atoms with E-state index in [2.05, 4.69) is 62.4 Å². The summed E-state index contributed by atoms with van der Waals surface area (Å²) in [5.41, 5.74) is 2.09. The monoisotopic (exact) mass is 710 g/mol. The molecular formula is C42H50N2O2S3. The highest BCUT2D eigenvalue weighted by molar-refractivity contribution is 7.27. The van der Waals surface area contributed by atoms with Crippen molar-refractivity contribution in [2.75, 3.05) is 0 Å². The molecule has 0 radical (unpaired) electrons. The second-order valence-corrected chi connectivity index (χ2v) is 16.9. The molecule has 0 aliphatic heterocycles. The SMILES string of the molecule is CCCCCCCCCCc1ccc(-c2nc3cc4sc5cc6nc(-c7ccc(CCCCCCCCCC)o7)sc6cc5c4cc3s2)o1. The van der Waals surface area contributed by atoms with Crippen LogP contribution in [-0.4, -0.2) is 9.97 Å². The van der Waals surface area contributed by atoms with Gasteiger partial charge in [0.15, 0.2) is 21.5 Å². The predicted octanol–water partition coefficient (Wildman–Crippen LogP) is 15.2. The van der Waals surface area contributed by atoms with Gasteiger partial charge in [-0.05, 0) is 61.4 Å². The van der Waals surface area contributed by atoms with Crippen molar-refractivity contribution < 1.29 is 8.83 Å². The number of fused-ring (bicyclic) bond motifs is 5. The van der Waals surface area contributed by atoms with Crippen LogP contribution in [0.3, 0.4) is 0 Å². The molecule has 0 fully saturated rings. The third kappa shape index (κ3) is 8.49. The summed E-state index contributed by atoms with van der Waals surface area (Å²) in [4.78, 5) is 10.0. The average molecular weight is 711 g/mol. The van der Waals surface area contributed by atoms with E-state index >= 15 is 0 Å². The van der Waals surface area contributed by atoms with Crippen molar-refractivity contribution in [1.82, 2.24) is 9.97 Å². The molecule has 0 amide bonds. The molecule has 0 N–H and O–H groups in total. The zero-order chi connectivity index (χ0) is 33.4. The Morgan fingerprint density at radius 3 is 1.29 bits per heavy atom. The van der Waals surface area contributed by atoms with Crippen molar-refractivity contribution in [3.05, 3.63) is 60.1 Å². The molecule has 0 saturated heterocycles. The molecule has 49 heavy (non-hydrogen) atoms. The summed E-state index contributed by atoms with van der Waals surface area (Å²) in [6.45, 7) is 4.56. The van der Waals surface area contributed by atoms with Gasteiger partial charge in [-0.3, -0.25) is 0 Å². The van der Waals surface area contributed by atoms with Crippen molar-refractivity contribution in [2.45, 2.75) is 129 Å². The second-order valence-electron chi connectivity index (χ2n) is 13.8. The van der Waals surface area contributed by atoms with E-state index in [9.17, 15) is 0 Å². The number of rotatable bonds is 20. The van der Waals surface area contributed by atoms with Crippen LogP contribution in [0.25, 0.3) is 62.1 Å². The summed E-state index contributed by atoms with van der Waals surface area (Å²) in [7, 11) is 0. The Morgan fingerprint density at radius 2 is 0.857 bits per heavy atom. The minimum absolute atomic E-state index is 0.891. The molecule has 0 saturated carbocycles. The molecule has 4 nitrogen and oxygen atoms in total. The Kier molecular flexibility index (Phi) is 11.8. The quantitative estimate of drug-likeness (QED) is 0.0739. The smallest absolute Gasteiger partial charge is 0.162 e. The number of aromatic nitrogens is 2. The van der Waals surface area contributed by atoms with Crippen LogP contribution in [0.5, 0.6) is 0 Å². The van der Waals surface area contributed by atoms with Gasteiger partial charge in [0, 0.05) is 33.0 Å². The minimum Gasteiger partial charge on any atom is -0.459 e. The van der Waals surface area contributed by atoms with Crippen LogP contribution < -0.4 is 0 Å². The molecule has 7 rings (SSSR count). The van der Waals surface area contributed by atoms with Gasteiger partial charge in [0.05, 0.1) is 20.4 Å². The Hall–Kier alpha value is -3.00. The number of thiophene rings is 1. The highest BCUT2D eigenvalue weighted by Crippen LogP contribution is 2.42. The summed E-state index contributed by atoms with van der Waals surface area (Å²) in [5.74, 6) is 3.94. The minimum atomic E-state index is 0.891. The molecular weight excluding hydrogens is 661 g/mol. The first kappa shape index (κ1) is 34.4. The van der Waals surface area contributed by atoms with Gasteiger partial charge in [0.1, 0.15) is 11.5 Å². The van der Waals surface area contributed by atoms with E-state index in [1.807, 2.05) is 11.3 Å². The lowest BCUT2D eigenvalue weighted by Crippen LogP contribution is -1.84. The standard InChI is InChI=1S/C42H50N2O2S3/c1-3-5-7-9-11-13-15-17-19-29-21-23-35(45-29)41-43-33-27-37-31(25-39(33)48-41)32-26-40-34(28-38(32)47-37)44-42(49-40)36-24-22-30(46-36)20-18-16-14-12-10-8-6-4-2/h21-28H,3-20H2,1-2H3. The number of thiazole rings is 2. The van der Waals surface area contributed by atoms with Crippen molar-refractivity contribution in [1.29, 1.82) is 0 Å². The third-order valence-electron chi connectivity index (χ3n) is 9.79. The lowest BCUT2D eigenvalue weighted by molar-refractivity contribution is 0.500. The van der Waals surface area contributed by atoms with E-state index < -0.39 is 0 Å². The lowest BCUT2D eigenvalue weighted by atomic mass is 10.1. The van der Waals surface area contributed by atoms with E-state index in [0.29, 0.717) is 0 Å². The van der Waals surface area contributed by atoms with Crippen LogP contribution in [0.1, 0.15) is 128 Å². The number of hydrogen-bond acceptors (Lipinski definition) is 7. The zero-order valence-corrected chi connectivity index (χ0v) is 31.7. The van der Waals surface area contributed by atoms with Crippen LogP contribution in [0.4, 0.5) is 0 Å².